The van der Waals surface area contributed by atoms with Crippen LogP contribution in [0.4, 0.5) is 5.69 Å². The van der Waals surface area contributed by atoms with E-state index in [1.54, 1.807) is 11.3 Å². The molecule has 1 atom stereocenters. The molecule has 5 heteroatoms. The average molecular weight is 286 g/mol. The molecule has 1 unspecified atom stereocenters. The van der Waals surface area contributed by atoms with E-state index in [9.17, 15) is 9.59 Å². The van der Waals surface area contributed by atoms with E-state index in [0.29, 0.717) is 6.54 Å². The number of rotatable bonds is 3. The van der Waals surface area contributed by atoms with Gasteiger partial charge in [0.1, 0.15) is 0 Å². The normalized spacial score (nSPS) is 17.8. The van der Waals surface area contributed by atoms with Crippen LogP contribution in [-0.4, -0.2) is 18.4 Å². The molecule has 1 fully saturated rings. The highest BCUT2D eigenvalue weighted by atomic mass is 32.1. The van der Waals surface area contributed by atoms with E-state index in [-0.39, 0.29) is 24.2 Å². The molecule has 0 radical (unpaired) electrons. The van der Waals surface area contributed by atoms with E-state index in [1.807, 2.05) is 41.8 Å². The molecule has 0 bridgehead atoms. The lowest BCUT2D eigenvalue weighted by Crippen LogP contribution is -2.24. The maximum atomic E-state index is 12.2. The predicted molar refractivity (Wildman–Crippen MR) is 79.5 cm³/mol. The quantitative estimate of drug-likeness (QED) is 0.910. The minimum Gasteiger partial charge on any atom is -0.355 e. The van der Waals surface area contributed by atoms with Crippen LogP contribution in [0, 0.1) is 5.92 Å². The van der Waals surface area contributed by atoms with Crippen LogP contribution in [0.25, 0.3) is 10.4 Å². The van der Waals surface area contributed by atoms with E-state index in [1.165, 1.54) is 0 Å². The first-order valence-corrected chi connectivity index (χ1v) is 7.32. The van der Waals surface area contributed by atoms with Gasteiger partial charge in [-0.05, 0) is 17.5 Å². The molecule has 1 saturated heterocycles. The second-order valence-corrected chi connectivity index (χ2v) is 5.66. The van der Waals surface area contributed by atoms with E-state index < -0.39 is 0 Å². The van der Waals surface area contributed by atoms with Crippen molar-refractivity contribution in [1.29, 1.82) is 0 Å². The third kappa shape index (κ3) is 2.58. The van der Waals surface area contributed by atoms with E-state index in [0.717, 1.165) is 16.1 Å². The summed E-state index contributed by atoms with van der Waals surface area (Å²) in [5.74, 6) is -0.442. The van der Waals surface area contributed by atoms with Gasteiger partial charge in [0.25, 0.3) is 0 Å². The number of carbonyl (C=O) groups is 2. The third-order valence-corrected chi connectivity index (χ3v) is 4.22. The van der Waals surface area contributed by atoms with E-state index >= 15 is 0 Å². The number of amides is 2. The first-order chi connectivity index (χ1) is 9.74. The minimum absolute atomic E-state index is 0.0586. The van der Waals surface area contributed by atoms with Crippen LogP contribution in [0.2, 0.25) is 0 Å². The second kappa shape index (κ2) is 5.46. The molecule has 20 heavy (non-hydrogen) atoms. The predicted octanol–water partition coefficient (Wildman–Crippen LogP) is 2.49. The fourth-order valence-corrected chi connectivity index (χ4v) is 3.03. The van der Waals surface area contributed by atoms with Crippen molar-refractivity contribution in [3.05, 3.63) is 41.8 Å². The Labute approximate surface area is 120 Å². The number of benzene rings is 1. The first-order valence-electron chi connectivity index (χ1n) is 6.44. The highest BCUT2D eigenvalue weighted by molar-refractivity contribution is 7.13. The van der Waals surface area contributed by atoms with E-state index in [4.69, 9.17) is 0 Å². The summed E-state index contributed by atoms with van der Waals surface area (Å²) in [5, 5.41) is 7.62. The molecule has 3 rings (SSSR count). The van der Waals surface area contributed by atoms with Crippen LogP contribution in [-0.2, 0) is 9.59 Å². The lowest BCUT2D eigenvalue weighted by atomic mass is 10.1. The van der Waals surface area contributed by atoms with Crippen LogP contribution >= 0.6 is 11.3 Å². The van der Waals surface area contributed by atoms with Gasteiger partial charge in [-0.2, -0.15) is 0 Å². The fourth-order valence-electron chi connectivity index (χ4n) is 2.26. The second-order valence-electron chi connectivity index (χ2n) is 4.72. The Balaban J connectivity index is 1.81. The van der Waals surface area contributed by atoms with Gasteiger partial charge < -0.3 is 10.6 Å². The summed E-state index contributed by atoms with van der Waals surface area (Å²) in [6.45, 7) is 0.422. The lowest BCUT2D eigenvalue weighted by Gasteiger charge is -2.12. The van der Waals surface area contributed by atoms with Crippen molar-refractivity contribution in [2.75, 3.05) is 11.9 Å². The Hall–Kier alpha value is -2.14. The van der Waals surface area contributed by atoms with Gasteiger partial charge in [0.15, 0.2) is 0 Å². The van der Waals surface area contributed by atoms with Crippen molar-refractivity contribution in [3.8, 4) is 10.4 Å². The summed E-state index contributed by atoms with van der Waals surface area (Å²) in [6, 6.07) is 11.7. The van der Waals surface area contributed by atoms with Crippen molar-refractivity contribution < 1.29 is 9.59 Å². The zero-order valence-electron chi connectivity index (χ0n) is 10.8. The van der Waals surface area contributed by atoms with Gasteiger partial charge in [-0.1, -0.05) is 24.3 Å². The maximum absolute atomic E-state index is 12.2. The Morgan fingerprint density at radius 2 is 2.10 bits per heavy atom. The van der Waals surface area contributed by atoms with Crippen molar-refractivity contribution in [3.63, 3.8) is 0 Å². The fraction of sp³-hybridized carbons (Fsp3) is 0.200. The van der Waals surface area contributed by atoms with Crippen LogP contribution in [0.5, 0.6) is 0 Å². The molecule has 0 aliphatic carbocycles. The zero-order valence-corrected chi connectivity index (χ0v) is 11.6. The zero-order chi connectivity index (χ0) is 13.9. The third-order valence-electron chi connectivity index (χ3n) is 3.32. The Kier molecular flexibility index (Phi) is 3.52. The van der Waals surface area contributed by atoms with Crippen LogP contribution in [0.3, 0.4) is 0 Å². The van der Waals surface area contributed by atoms with Crippen LogP contribution < -0.4 is 10.6 Å². The van der Waals surface area contributed by atoms with Crippen molar-refractivity contribution in [2.45, 2.75) is 6.42 Å². The summed E-state index contributed by atoms with van der Waals surface area (Å²) in [4.78, 5) is 24.5. The number of thiophene rings is 1. The van der Waals surface area contributed by atoms with Gasteiger partial charge in [0, 0.05) is 29.1 Å². The standard InChI is InChI=1S/C15H14N2O2S/c18-14-8-10(9-16-14)15(19)17-12-5-2-1-4-11(12)13-6-3-7-20-13/h1-7,10H,8-9H2,(H,16,18)(H,17,19). The Bertz CT molecular complexity index is 637. The topological polar surface area (TPSA) is 58.2 Å². The highest BCUT2D eigenvalue weighted by Crippen LogP contribution is 2.31. The number of para-hydroxylation sites is 1. The van der Waals surface area contributed by atoms with Gasteiger partial charge in [0.05, 0.1) is 5.92 Å². The summed E-state index contributed by atoms with van der Waals surface area (Å²) in [5.41, 5.74) is 1.80. The summed E-state index contributed by atoms with van der Waals surface area (Å²) in [7, 11) is 0. The molecule has 0 spiro atoms. The van der Waals surface area contributed by atoms with Gasteiger partial charge >= 0.3 is 0 Å². The number of carbonyl (C=O) groups excluding carboxylic acids is 2. The minimum atomic E-state index is -0.279. The molecule has 2 N–H and O–H groups in total. The summed E-state index contributed by atoms with van der Waals surface area (Å²) in [6.07, 6.45) is 0.271. The van der Waals surface area contributed by atoms with E-state index in [2.05, 4.69) is 10.6 Å². The Morgan fingerprint density at radius 1 is 1.25 bits per heavy atom. The van der Waals surface area contributed by atoms with Crippen molar-refractivity contribution in [2.24, 2.45) is 5.92 Å². The molecule has 1 aromatic carbocycles. The number of anilines is 1. The lowest BCUT2D eigenvalue weighted by molar-refractivity contribution is -0.123. The molecule has 2 heterocycles. The molecular formula is C15H14N2O2S. The molecule has 2 amide bonds. The first kappa shape index (κ1) is 12.9. The van der Waals surface area contributed by atoms with Gasteiger partial charge in [-0.3, -0.25) is 9.59 Å². The molecule has 1 aliphatic heterocycles. The Morgan fingerprint density at radius 3 is 2.80 bits per heavy atom. The van der Waals surface area contributed by atoms with Crippen LogP contribution in [0.15, 0.2) is 41.8 Å². The SMILES string of the molecule is O=C1CC(C(=O)Nc2ccccc2-c2cccs2)CN1. The smallest absolute Gasteiger partial charge is 0.229 e. The average Bonchev–Trinajstić information content (AvgIpc) is 3.10. The molecule has 1 aromatic heterocycles. The van der Waals surface area contributed by atoms with Crippen molar-refractivity contribution in [1.82, 2.24) is 5.32 Å². The molecule has 0 saturated carbocycles. The molecule has 4 nitrogen and oxygen atoms in total. The largest absolute Gasteiger partial charge is 0.355 e. The number of nitrogens with one attached hydrogen (secondary N) is 2. The molecule has 2 aromatic rings. The molecule has 102 valence electrons. The number of hydrogen-bond acceptors (Lipinski definition) is 3. The van der Waals surface area contributed by atoms with Gasteiger partial charge in [-0.25, -0.2) is 0 Å². The summed E-state index contributed by atoms with van der Waals surface area (Å²) < 4.78 is 0. The van der Waals surface area contributed by atoms with Crippen molar-refractivity contribution >= 4 is 28.8 Å². The van der Waals surface area contributed by atoms with Gasteiger partial charge in [-0.15, -0.1) is 11.3 Å². The monoisotopic (exact) mass is 286 g/mol. The summed E-state index contributed by atoms with van der Waals surface area (Å²) >= 11 is 1.63. The number of hydrogen-bond donors (Lipinski definition) is 2. The molecule has 1 aliphatic rings. The van der Waals surface area contributed by atoms with Gasteiger partial charge in [0.2, 0.25) is 11.8 Å². The highest BCUT2D eigenvalue weighted by Gasteiger charge is 2.28. The molecular weight excluding hydrogens is 272 g/mol. The van der Waals surface area contributed by atoms with Crippen LogP contribution in [0.1, 0.15) is 6.42 Å². The maximum Gasteiger partial charge on any atom is 0.229 e.